The van der Waals surface area contributed by atoms with Crippen molar-refractivity contribution in [3.63, 3.8) is 0 Å². The number of nitrogens with two attached hydrogens (primary N) is 1. The molecule has 0 unspecified atom stereocenters. The molecule has 0 atom stereocenters. The van der Waals surface area contributed by atoms with Crippen LogP contribution in [0.4, 0.5) is 17.1 Å². The van der Waals surface area contributed by atoms with Gasteiger partial charge in [-0.2, -0.15) is 5.26 Å². The van der Waals surface area contributed by atoms with Crippen LogP contribution < -0.4 is 16.4 Å². The summed E-state index contributed by atoms with van der Waals surface area (Å²) in [6.45, 7) is 4.41. The molecule has 0 fully saturated rings. The fourth-order valence-electron chi connectivity index (χ4n) is 4.23. The largest absolute Gasteiger partial charge is 0.399 e. The molecule has 0 aromatic heterocycles. The molecule has 6 nitrogen and oxygen atoms in total. The summed E-state index contributed by atoms with van der Waals surface area (Å²) >= 11 is 0. The van der Waals surface area contributed by atoms with Gasteiger partial charge in [-0.3, -0.25) is 9.69 Å². The minimum atomic E-state index is -0.129. The van der Waals surface area contributed by atoms with Crippen molar-refractivity contribution in [1.82, 2.24) is 4.90 Å². The van der Waals surface area contributed by atoms with Gasteiger partial charge in [0.05, 0.1) is 11.6 Å². The number of hydrogen-bond donors (Lipinski definition) is 3. The third-order valence-corrected chi connectivity index (χ3v) is 5.87. The summed E-state index contributed by atoms with van der Waals surface area (Å²) in [4.78, 5) is 14.9. The van der Waals surface area contributed by atoms with Crippen LogP contribution in [0.5, 0.6) is 0 Å². The van der Waals surface area contributed by atoms with E-state index in [0.717, 1.165) is 48.7 Å². The Labute approximate surface area is 200 Å². The number of unbranched alkanes of at least 4 members (excludes halogenated alkanes) is 1. The van der Waals surface area contributed by atoms with Gasteiger partial charge in [0.1, 0.15) is 0 Å². The number of carbonyl (C=O) groups is 1. The Kier molecular flexibility index (Phi) is 7.26. The second kappa shape index (κ2) is 10.7. The first-order valence-electron chi connectivity index (χ1n) is 11.4. The van der Waals surface area contributed by atoms with Gasteiger partial charge in [-0.15, -0.1) is 0 Å². The zero-order valence-corrected chi connectivity index (χ0v) is 19.3. The predicted octanol–water partition coefficient (Wildman–Crippen LogP) is 5.37. The maximum atomic E-state index is 12.5. The van der Waals surface area contributed by atoms with E-state index in [-0.39, 0.29) is 5.91 Å². The van der Waals surface area contributed by atoms with Crippen molar-refractivity contribution in [2.75, 3.05) is 22.9 Å². The number of nitrogens with one attached hydrogen (secondary N) is 2. The monoisotopic (exact) mass is 451 g/mol. The number of nitrogen functional groups attached to an aromatic ring is 1. The number of fused-ring (bicyclic) bond motifs is 1. The maximum Gasteiger partial charge on any atom is 0.258 e. The van der Waals surface area contributed by atoms with Crippen LogP contribution in [0.15, 0.2) is 78.5 Å². The summed E-state index contributed by atoms with van der Waals surface area (Å²) in [7, 11) is 0. The Morgan fingerprint density at radius 1 is 1.03 bits per heavy atom. The number of rotatable bonds is 9. The van der Waals surface area contributed by atoms with Crippen molar-refractivity contribution in [2.45, 2.75) is 32.9 Å². The van der Waals surface area contributed by atoms with Crippen LogP contribution >= 0.6 is 0 Å². The van der Waals surface area contributed by atoms with Crippen molar-refractivity contribution in [2.24, 2.45) is 0 Å². The summed E-state index contributed by atoms with van der Waals surface area (Å²) in [5.74, 6) is -0.129. The fraction of sp³-hybridized carbons (Fsp3) is 0.214. The second-order valence-corrected chi connectivity index (χ2v) is 8.54. The summed E-state index contributed by atoms with van der Waals surface area (Å²) in [6, 6.07) is 26.3. The molecule has 34 heavy (non-hydrogen) atoms. The van der Waals surface area contributed by atoms with E-state index >= 15 is 0 Å². The molecule has 0 radical (unpaired) electrons. The molecule has 0 bridgehead atoms. The lowest BCUT2D eigenvalue weighted by atomic mass is 10.0. The SMILES string of the molecule is C/C(Nc1ccc(CN(CCCC#N)Cc2ccccc2)cc1)=C1/C(=O)Nc2ccc(N)cc21. The lowest BCUT2D eigenvalue weighted by Crippen LogP contribution is -2.24. The van der Waals surface area contributed by atoms with Crippen LogP contribution in [0.25, 0.3) is 5.57 Å². The van der Waals surface area contributed by atoms with Crippen molar-refractivity contribution < 1.29 is 4.79 Å². The molecule has 0 saturated heterocycles. The highest BCUT2D eigenvalue weighted by Gasteiger charge is 2.26. The summed E-state index contributed by atoms with van der Waals surface area (Å²) in [5, 5.41) is 15.2. The number of nitriles is 1. The molecule has 1 heterocycles. The van der Waals surface area contributed by atoms with Crippen LogP contribution in [0.2, 0.25) is 0 Å². The molecule has 6 heteroatoms. The molecule has 4 N–H and O–H groups in total. The summed E-state index contributed by atoms with van der Waals surface area (Å²) < 4.78 is 0. The minimum absolute atomic E-state index is 0.129. The van der Waals surface area contributed by atoms with Gasteiger partial charge in [0.25, 0.3) is 5.91 Å². The van der Waals surface area contributed by atoms with Gasteiger partial charge in [0.2, 0.25) is 0 Å². The number of amides is 1. The zero-order valence-electron chi connectivity index (χ0n) is 19.3. The molecular weight excluding hydrogens is 422 g/mol. The Morgan fingerprint density at radius 3 is 2.44 bits per heavy atom. The van der Waals surface area contributed by atoms with Gasteiger partial charge in [-0.05, 0) is 61.3 Å². The van der Waals surface area contributed by atoms with Crippen molar-refractivity contribution >= 4 is 28.5 Å². The molecular formula is C28H29N5O. The lowest BCUT2D eigenvalue weighted by Gasteiger charge is -2.22. The van der Waals surface area contributed by atoms with Crippen molar-refractivity contribution in [3.05, 3.63) is 95.2 Å². The van der Waals surface area contributed by atoms with Crippen molar-refractivity contribution in [1.29, 1.82) is 5.26 Å². The molecule has 0 saturated carbocycles. The van der Waals surface area contributed by atoms with Gasteiger partial charge >= 0.3 is 0 Å². The van der Waals surface area contributed by atoms with Crippen LogP contribution in [0, 0.1) is 11.3 Å². The Bertz CT molecular complexity index is 1230. The molecule has 4 rings (SSSR count). The summed E-state index contributed by atoms with van der Waals surface area (Å²) in [5.41, 5.74) is 12.9. The third-order valence-electron chi connectivity index (χ3n) is 5.87. The van der Waals surface area contributed by atoms with E-state index < -0.39 is 0 Å². The fourth-order valence-corrected chi connectivity index (χ4v) is 4.23. The van der Waals surface area contributed by atoms with E-state index in [1.54, 1.807) is 6.07 Å². The van der Waals surface area contributed by atoms with Gasteiger partial charge in [-0.1, -0.05) is 42.5 Å². The second-order valence-electron chi connectivity index (χ2n) is 8.54. The van der Waals surface area contributed by atoms with E-state index in [0.29, 0.717) is 17.7 Å². The number of benzene rings is 3. The van der Waals surface area contributed by atoms with Gasteiger partial charge in [0.15, 0.2) is 0 Å². The number of carbonyl (C=O) groups excluding carboxylic acids is 1. The number of nitrogens with zero attached hydrogens (tertiary/aromatic N) is 2. The normalized spacial score (nSPS) is 13.9. The van der Waals surface area contributed by atoms with E-state index in [4.69, 9.17) is 11.0 Å². The predicted molar refractivity (Wildman–Crippen MR) is 138 cm³/mol. The number of hydrogen-bond acceptors (Lipinski definition) is 5. The van der Waals surface area contributed by atoms with Crippen molar-refractivity contribution in [3.8, 4) is 6.07 Å². The highest BCUT2D eigenvalue weighted by Crippen LogP contribution is 2.35. The average Bonchev–Trinajstić information content (AvgIpc) is 3.16. The average molecular weight is 452 g/mol. The van der Waals surface area contributed by atoms with E-state index in [1.807, 2.05) is 37.3 Å². The highest BCUT2D eigenvalue weighted by atomic mass is 16.2. The molecule has 172 valence electrons. The highest BCUT2D eigenvalue weighted by molar-refractivity contribution is 6.32. The lowest BCUT2D eigenvalue weighted by molar-refractivity contribution is -0.110. The maximum absolute atomic E-state index is 12.5. The molecule has 1 aliphatic heterocycles. The smallest absolute Gasteiger partial charge is 0.258 e. The topological polar surface area (TPSA) is 94.2 Å². The first-order chi connectivity index (χ1) is 16.5. The Balaban J connectivity index is 1.46. The first-order valence-corrected chi connectivity index (χ1v) is 11.4. The molecule has 0 spiro atoms. The zero-order chi connectivity index (χ0) is 23.9. The number of allylic oxidation sites excluding steroid dienone is 1. The van der Waals surface area contributed by atoms with Crippen LogP contribution in [0.1, 0.15) is 36.5 Å². The van der Waals surface area contributed by atoms with Gasteiger partial charge in [-0.25, -0.2) is 0 Å². The Morgan fingerprint density at radius 2 is 1.74 bits per heavy atom. The van der Waals surface area contributed by atoms with Crippen LogP contribution in [-0.4, -0.2) is 17.4 Å². The standard InChI is InChI=1S/C28H29N5O/c1-20(27-25-17-23(30)11-14-26(25)32-28(27)34)31-24-12-9-22(10-13-24)19-33(16-6-5-15-29)18-21-7-3-2-4-8-21/h2-4,7-14,17,31H,5-6,16,18-19,30H2,1H3,(H,32,34)/b27-20-. The molecule has 1 aliphatic rings. The van der Waals surface area contributed by atoms with E-state index in [1.165, 1.54) is 11.1 Å². The van der Waals surface area contributed by atoms with Gasteiger partial charge in [0, 0.05) is 47.8 Å². The third kappa shape index (κ3) is 5.64. The van der Waals surface area contributed by atoms with E-state index in [9.17, 15) is 4.79 Å². The van der Waals surface area contributed by atoms with Crippen LogP contribution in [-0.2, 0) is 17.9 Å². The number of anilines is 3. The van der Waals surface area contributed by atoms with E-state index in [2.05, 4.69) is 58.0 Å². The molecule has 0 aliphatic carbocycles. The van der Waals surface area contributed by atoms with Gasteiger partial charge < -0.3 is 16.4 Å². The Hall–Kier alpha value is -4.08. The van der Waals surface area contributed by atoms with Crippen LogP contribution in [0.3, 0.4) is 0 Å². The minimum Gasteiger partial charge on any atom is -0.399 e. The molecule has 1 amide bonds. The molecule has 3 aromatic carbocycles. The molecule has 3 aromatic rings. The quantitative estimate of drug-likeness (QED) is 0.231. The summed E-state index contributed by atoms with van der Waals surface area (Å²) in [6.07, 6.45) is 1.41. The first kappa shape index (κ1) is 23.1.